The summed E-state index contributed by atoms with van der Waals surface area (Å²) in [5, 5.41) is 8.99. The summed E-state index contributed by atoms with van der Waals surface area (Å²) >= 11 is 0. The van der Waals surface area contributed by atoms with Gasteiger partial charge in [0.15, 0.2) is 0 Å². The van der Waals surface area contributed by atoms with E-state index in [0.29, 0.717) is 17.3 Å². The minimum Gasteiger partial charge on any atom is -0.398 e. The summed E-state index contributed by atoms with van der Waals surface area (Å²) < 4.78 is 0. The van der Waals surface area contributed by atoms with E-state index in [1.807, 2.05) is 18.2 Å². The van der Waals surface area contributed by atoms with Crippen LogP contribution in [-0.4, -0.2) is 13.1 Å². The van der Waals surface area contributed by atoms with Crippen LogP contribution in [0.15, 0.2) is 18.2 Å². The summed E-state index contributed by atoms with van der Waals surface area (Å²) in [5.41, 5.74) is 7.97. The maximum Gasteiger partial charge on any atom is 0.101 e. The lowest BCUT2D eigenvalue weighted by atomic mass is 9.94. The molecule has 0 radical (unpaired) electrons. The minimum atomic E-state index is 0.563. The molecule has 0 saturated heterocycles. The Morgan fingerprint density at radius 1 is 1.29 bits per heavy atom. The number of nitrogen functional groups attached to an aromatic ring is 1. The molecule has 0 aromatic heterocycles. The summed E-state index contributed by atoms with van der Waals surface area (Å²) in [6.07, 6.45) is 6.49. The van der Waals surface area contributed by atoms with Crippen LogP contribution in [0.25, 0.3) is 0 Å². The number of rotatable bonds is 2. The van der Waals surface area contributed by atoms with Gasteiger partial charge in [-0.1, -0.05) is 19.3 Å². The van der Waals surface area contributed by atoms with Crippen molar-refractivity contribution in [2.75, 3.05) is 17.7 Å². The van der Waals surface area contributed by atoms with Gasteiger partial charge in [0.05, 0.1) is 5.56 Å². The molecule has 0 atom stereocenters. The van der Waals surface area contributed by atoms with Crippen molar-refractivity contribution in [3.8, 4) is 6.07 Å². The van der Waals surface area contributed by atoms with Crippen LogP contribution in [-0.2, 0) is 0 Å². The monoisotopic (exact) mass is 229 g/mol. The largest absolute Gasteiger partial charge is 0.398 e. The quantitative estimate of drug-likeness (QED) is 0.793. The van der Waals surface area contributed by atoms with Crippen molar-refractivity contribution in [3.63, 3.8) is 0 Å². The van der Waals surface area contributed by atoms with Crippen molar-refractivity contribution >= 4 is 11.4 Å². The molecule has 1 aliphatic rings. The van der Waals surface area contributed by atoms with E-state index in [4.69, 9.17) is 11.0 Å². The van der Waals surface area contributed by atoms with Crippen molar-refractivity contribution in [3.05, 3.63) is 23.8 Å². The second-order valence-corrected chi connectivity index (χ2v) is 4.79. The molecule has 0 amide bonds. The highest BCUT2D eigenvalue weighted by Gasteiger charge is 2.18. The zero-order chi connectivity index (χ0) is 12.3. The molecule has 2 N–H and O–H groups in total. The smallest absolute Gasteiger partial charge is 0.101 e. The molecule has 0 unspecified atom stereocenters. The van der Waals surface area contributed by atoms with Gasteiger partial charge in [-0.05, 0) is 31.0 Å². The first-order valence-corrected chi connectivity index (χ1v) is 6.25. The van der Waals surface area contributed by atoms with E-state index in [0.717, 1.165) is 5.69 Å². The van der Waals surface area contributed by atoms with Crippen LogP contribution in [0.2, 0.25) is 0 Å². The van der Waals surface area contributed by atoms with Crippen molar-refractivity contribution in [2.45, 2.75) is 38.1 Å². The van der Waals surface area contributed by atoms with Gasteiger partial charge < -0.3 is 10.6 Å². The minimum absolute atomic E-state index is 0.563. The SMILES string of the molecule is CN(c1ccc(N)c(C#N)c1)C1CCCCC1. The van der Waals surface area contributed by atoms with Crippen LogP contribution >= 0.6 is 0 Å². The Kier molecular flexibility index (Phi) is 3.53. The third kappa shape index (κ3) is 2.52. The number of hydrogen-bond donors (Lipinski definition) is 1. The second kappa shape index (κ2) is 5.09. The Morgan fingerprint density at radius 2 is 2.00 bits per heavy atom. The van der Waals surface area contributed by atoms with Crippen LogP contribution in [0.3, 0.4) is 0 Å². The van der Waals surface area contributed by atoms with Gasteiger partial charge in [-0.25, -0.2) is 0 Å². The molecule has 2 rings (SSSR count). The average Bonchev–Trinajstić information content (AvgIpc) is 2.39. The van der Waals surface area contributed by atoms with Gasteiger partial charge in [0.25, 0.3) is 0 Å². The first-order chi connectivity index (χ1) is 8.22. The Bertz CT molecular complexity index is 428. The molecular weight excluding hydrogens is 210 g/mol. The molecule has 0 spiro atoms. The van der Waals surface area contributed by atoms with Gasteiger partial charge in [0.2, 0.25) is 0 Å². The maximum absolute atomic E-state index is 8.99. The van der Waals surface area contributed by atoms with Crippen molar-refractivity contribution < 1.29 is 0 Å². The Labute approximate surface area is 103 Å². The van der Waals surface area contributed by atoms with Gasteiger partial charge in [-0.2, -0.15) is 5.26 Å². The molecule has 90 valence electrons. The first kappa shape index (κ1) is 11.8. The zero-order valence-electron chi connectivity index (χ0n) is 10.3. The lowest BCUT2D eigenvalue weighted by Crippen LogP contribution is -2.33. The van der Waals surface area contributed by atoms with Crippen LogP contribution in [0.4, 0.5) is 11.4 Å². The van der Waals surface area contributed by atoms with E-state index in [-0.39, 0.29) is 0 Å². The van der Waals surface area contributed by atoms with Crippen LogP contribution < -0.4 is 10.6 Å². The molecule has 3 heteroatoms. The normalized spacial score (nSPS) is 16.5. The number of nitrogens with two attached hydrogens (primary N) is 1. The van der Waals surface area contributed by atoms with E-state index in [9.17, 15) is 0 Å². The molecule has 1 fully saturated rings. The van der Waals surface area contributed by atoms with Crippen molar-refractivity contribution in [2.24, 2.45) is 0 Å². The van der Waals surface area contributed by atoms with E-state index in [2.05, 4.69) is 18.0 Å². The van der Waals surface area contributed by atoms with Gasteiger partial charge in [-0.3, -0.25) is 0 Å². The molecule has 1 aliphatic carbocycles. The number of anilines is 2. The van der Waals surface area contributed by atoms with Gasteiger partial charge in [-0.15, -0.1) is 0 Å². The highest BCUT2D eigenvalue weighted by Crippen LogP contribution is 2.27. The summed E-state index contributed by atoms with van der Waals surface area (Å²) in [4.78, 5) is 2.29. The molecule has 17 heavy (non-hydrogen) atoms. The molecule has 3 nitrogen and oxygen atoms in total. The summed E-state index contributed by atoms with van der Waals surface area (Å²) in [6.45, 7) is 0. The Balaban J connectivity index is 2.18. The molecule has 1 saturated carbocycles. The van der Waals surface area contributed by atoms with Crippen molar-refractivity contribution in [1.29, 1.82) is 5.26 Å². The van der Waals surface area contributed by atoms with Crippen LogP contribution in [0.1, 0.15) is 37.7 Å². The fourth-order valence-electron chi connectivity index (χ4n) is 2.54. The highest BCUT2D eigenvalue weighted by atomic mass is 15.1. The Morgan fingerprint density at radius 3 is 2.65 bits per heavy atom. The van der Waals surface area contributed by atoms with E-state index >= 15 is 0 Å². The number of hydrogen-bond acceptors (Lipinski definition) is 3. The fourth-order valence-corrected chi connectivity index (χ4v) is 2.54. The Hall–Kier alpha value is -1.69. The zero-order valence-corrected chi connectivity index (χ0v) is 10.3. The van der Waals surface area contributed by atoms with Gasteiger partial charge in [0.1, 0.15) is 6.07 Å². The number of benzene rings is 1. The molecule has 0 heterocycles. The topological polar surface area (TPSA) is 53.0 Å². The number of nitriles is 1. The summed E-state index contributed by atoms with van der Waals surface area (Å²) in [5.74, 6) is 0. The number of nitrogens with zero attached hydrogens (tertiary/aromatic N) is 2. The van der Waals surface area contributed by atoms with E-state index in [1.54, 1.807) is 0 Å². The molecular formula is C14H19N3. The van der Waals surface area contributed by atoms with Crippen LogP contribution in [0, 0.1) is 11.3 Å². The van der Waals surface area contributed by atoms with E-state index in [1.165, 1.54) is 32.1 Å². The average molecular weight is 229 g/mol. The van der Waals surface area contributed by atoms with Gasteiger partial charge >= 0.3 is 0 Å². The van der Waals surface area contributed by atoms with Crippen LogP contribution in [0.5, 0.6) is 0 Å². The molecule has 1 aromatic carbocycles. The standard InChI is InChI=1S/C14H19N3/c1-17(12-5-3-2-4-6-12)13-7-8-14(16)11(9-13)10-15/h7-9,12H,2-6,16H2,1H3. The fraction of sp³-hybridized carbons (Fsp3) is 0.500. The highest BCUT2D eigenvalue weighted by molar-refractivity contribution is 5.62. The lowest BCUT2D eigenvalue weighted by Gasteiger charge is -2.33. The molecule has 0 aliphatic heterocycles. The molecule has 1 aromatic rings. The third-order valence-corrected chi connectivity index (χ3v) is 3.69. The van der Waals surface area contributed by atoms with Gasteiger partial charge in [0, 0.05) is 24.5 Å². The predicted octanol–water partition coefficient (Wildman–Crippen LogP) is 2.91. The van der Waals surface area contributed by atoms with Crippen molar-refractivity contribution in [1.82, 2.24) is 0 Å². The molecule has 0 bridgehead atoms. The predicted molar refractivity (Wildman–Crippen MR) is 70.8 cm³/mol. The first-order valence-electron chi connectivity index (χ1n) is 6.25. The second-order valence-electron chi connectivity index (χ2n) is 4.79. The lowest BCUT2D eigenvalue weighted by molar-refractivity contribution is 0.427. The summed E-state index contributed by atoms with van der Waals surface area (Å²) in [6, 6.07) is 8.48. The van der Waals surface area contributed by atoms with E-state index < -0.39 is 0 Å². The maximum atomic E-state index is 8.99. The third-order valence-electron chi connectivity index (χ3n) is 3.69. The summed E-state index contributed by atoms with van der Waals surface area (Å²) in [7, 11) is 2.11.